The summed E-state index contributed by atoms with van der Waals surface area (Å²) in [5, 5.41) is 6.42. The lowest BCUT2D eigenvalue weighted by Crippen LogP contribution is -2.28. The molecule has 2 N–H and O–H groups in total. The number of fused-ring (bicyclic) bond motifs is 1. The van der Waals surface area contributed by atoms with Crippen LogP contribution in [0.4, 0.5) is 9.93 Å². The van der Waals surface area contributed by atoms with Crippen LogP contribution in [-0.2, 0) is 19.4 Å². The topological polar surface area (TPSA) is 76.1 Å². The van der Waals surface area contributed by atoms with E-state index in [2.05, 4.69) is 20.6 Å². The number of carbonyl (C=O) groups is 1. The van der Waals surface area contributed by atoms with Crippen molar-refractivity contribution in [3.05, 3.63) is 34.5 Å². The smallest absolute Gasteiger partial charge is 0.321 e. The second-order valence-corrected chi connectivity index (χ2v) is 8.01. The van der Waals surface area contributed by atoms with Crippen molar-refractivity contribution in [2.75, 3.05) is 5.32 Å². The van der Waals surface area contributed by atoms with Crippen LogP contribution in [0, 0.1) is 0 Å². The lowest BCUT2D eigenvalue weighted by atomic mass is 10.0. The quantitative estimate of drug-likeness (QED) is 0.830. The number of amides is 2. The Labute approximate surface area is 157 Å². The number of pyridine rings is 1. The SMILES string of the molecule is O=C(NCc1ccnc(OC2CCCC2)c1)Nc1nc2c(s1)CCCC2. The number of hydrogen-bond donors (Lipinski definition) is 2. The molecule has 0 aliphatic heterocycles. The highest BCUT2D eigenvalue weighted by Crippen LogP contribution is 2.29. The van der Waals surface area contributed by atoms with Gasteiger partial charge in [0, 0.05) is 23.7 Å². The molecule has 26 heavy (non-hydrogen) atoms. The molecule has 7 heteroatoms. The van der Waals surface area contributed by atoms with Crippen molar-refractivity contribution in [3.8, 4) is 5.88 Å². The lowest BCUT2D eigenvalue weighted by molar-refractivity contribution is 0.201. The maximum absolute atomic E-state index is 12.2. The fraction of sp³-hybridized carbons (Fsp3) is 0.526. The average Bonchev–Trinajstić information content (AvgIpc) is 3.29. The van der Waals surface area contributed by atoms with Crippen molar-refractivity contribution in [2.45, 2.75) is 64.0 Å². The maximum atomic E-state index is 12.2. The van der Waals surface area contributed by atoms with Gasteiger partial charge >= 0.3 is 6.03 Å². The molecule has 0 aromatic carbocycles. The number of hydrogen-bond acceptors (Lipinski definition) is 5. The van der Waals surface area contributed by atoms with Crippen molar-refractivity contribution in [1.29, 1.82) is 0 Å². The number of anilines is 1. The van der Waals surface area contributed by atoms with E-state index >= 15 is 0 Å². The molecule has 2 aromatic rings. The number of aryl methyl sites for hydroxylation is 2. The van der Waals surface area contributed by atoms with Gasteiger partial charge in [0.05, 0.1) is 5.69 Å². The number of rotatable bonds is 5. The van der Waals surface area contributed by atoms with E-state index in [1.54, 1.807) is 17.5 Å². The summed E-state index contributed by atoms with van der Waals surface area (Å²) in [6.45, 7) is 0.431. The van der Waals surface area contributed by atoms with Crippen LogP contribution < -0.4 is 15.4 Å². The van der Waals surface area contributed by atoms with Gasteiger partial charge in [-0.15, -0.1) is 11.3 Å². The van der Waals surface area contributed by atoms with E-state index < -0.39 is 0 Å². The Bertz CT molecular complexity index is 747. The van der Waals surface area contributed by atoms with E-state index in [4.69, 9.17) is 4.74 Å². The number of thiazole rings is 1. The normalized spacial score (nSPS) is 16.9. The standard InChI is InChI=1S/C19H24N4O2S/c24-18(23-19-22-15-7-3-4-8-16(15)26-19)21-12-13-9-10-20-17(11-13)25-14-5-1-2-6-14/h9-11,14H,1-8,12H2,(H2,21,22,23,24). The van der Waals surface area contributed by atoms with E-state index in [1.807, 2.05) is 12.1 Å². The number of carbonyl (C=O) groups excluding carboxylic acids is 1. The summed E-state index contributed by atoms with van der Waals surface area (Å²) < 4.78 is 5.92. The van der Waals surface area contributed by atoms with Crippen molar-refractivity contribution >= 4 is 22.5 Å². The van der Waals surface area contributed by atoms with Gasteiger partial charge in [-0.25, -0.2) is 14.8 Å². The van der Waals surface area contributed by atoms with Gasteiger partial charge in [-0.1, -0.05) is 0 Å². The molecule has 2 aliphatic carbocycles. The number of aromatic nitrogens is 2. The molecule has 0 bridgehead atoms. The highest BCUT2D eigenvalue weighted by molar-refractivity contribution is 7.15. The van der Waals surface area contributed by atoms with Crippen LogP contribution >= 0.6 is 11.3 Å². The summed E-state index contributed by atoms with van der Waals surface area (Å²) in [6, 6.07) is 3.57. The van der Waals surface area contributed by atoms with Gasteiger partial charge in [-0.05, 0) is 63.0 Å². The van der Waals surface area contributed by atoms with Crippen molar-refractivity contribution in [2.24, 2.45) is 0 Å². The maximum Gasteiger partial charge on any atom is 0.321 e. The van der Waals surface area contributed by atoms with Crippen molar-refractivity contribution in [1.82, 2.24) is 15.3 Å². The highest BCUT2D eigenvalue weighted by Gasteiger charge is 2.18. The highest BCUT2D eigenvalue weighted by atomic mass is 32.1. The summed E-state index contributed by atoms with van der Waals surface area (Å²) in [5.41, 5.74) is 2.13. The van der Waals surface area contributed by atoms with Crippen molar-refractivity contribution in [3.63, 3.8) is 0 Å². The molecule has 0 unspecified atom stereocenters. The van der Waals surface area contributed by atoms with Crippen LogP contribution in [0.5, 0.6) is 5.88 Å². The van der Waals surface area contributed by atoms with Gasteiger partial charge < -0.3 is 10.1 Å². The molecule has 2 aromatic heterocycles. The van der Waals surface area contributed by atoms with Crippen LogP contribution in [0.2, 0.25) is 0 Å². The molecule has 0 atom stereocenters. The van der Waals surface area contributed by atoms with Crippen LogP contribution in [0.3, 0.4) is 0 Å². The van der Waals surface area contributed by atoms with Gasteiger partial charge in [0.25, 0.3) is 0 Å². The van der Waals surface area contributed by atoms with Gasteiger partial charge in [0.2, 0.25) is 5.88 Å². The zero-order valence-electron chi connectivity index (χ0n) is 14.8. The van der Waals surface area contributed by atoms with Gasteiger partial charge in [-0.3, -0.25) is 5.32 Å². The van der Waals surface area contributed by atoms with Gasteiger partial charge in [0.15, 0.2) is 5.13 Å². The zero-order chi connectivity index (χ0) is 17.8. The second kappa shape index (κ2) is 8.03. The van der Waals surface area contributed by atoms with Crippen molar-refractivity contribution < 1.29 is 9.53 Å². The number of urea groups is 1. The Morgan fingerprint density at radius 3 is 2.92 bits per heavy atom. The minimum Gasteiger partial charge on any atom is -0.474 e. The number of ether oxygens (including phenoxy) is 1. The Morgan fingerprint density at radius 2 is 2.08 bits per heavy atom. The number of nitrogens with zero attached hydrogens (tertiary/aromatic N) is 2. The molecular weight excluding hydrogens is 348 g/mol. The third kappa shape index (κ3) is 4.33. The first kappa shape index (κ1) is 17.3. The first-order chi connectivity index (χ1) is 12.8. The third-order valence-corrected chi connectivity index (χ3v) is 5.98. The summed E-state index contributed by atoms with van der Waals surface area (Å²) in [5.74, 6) is 0.643. The van der Waals surface area contributed by atoms with E-state index in [0.29, 0.717) is 17.6 Å². The first-order valence-corrected chi connectivity index (χ1v) is 10.2. The van der Waals surface area contributed by atoms with E-state index in [-0.39, 0.29) is 12.1 Å². The Hall–Kier alpha value is -2.15. The summed E-state index contributed by atoms with van der Waals surface area (Å²) in [4.78, 5) is 22.3. The second-order valence-electron chi connectivity index (χ2n) is 6.93. The zero-order valence-corrected chi connectivity index (χ0v) is 15.6. The van der Waals surface area contributed by atoms with Crippen LogP contribution in [-0.4, -0.2) is 22.1 Å². The fourth-order valence-corrected chi connectivity index (χ4v) is 4.58. The molecule has 6 nitrogen and oxygen atoms in total. The molecule has 138 valence electrons. The Morgan fingerprint density at radius 1 is 1.23 bits per heavy atom. The summed E-state index contributed by atoms with van der Waals surface area (Å²) in [7, 11) is 0. The van der Waals surface area contributed by atoms with E-state index in [0.717, 1.165) is 36.9 Å². The predicted molar refractivity (Wildman–Crippen MR) is 102 cm³/mol. The first-order valence-electron chi connectivity index (χ1n) is 9.41. The summed E-state index contributed by atoms with van der Waals surface area (Å²) >= 11 is 1.59. The van der Waals surface area contributed by atoms with Crippen LogP contribution in [0.25, 0.3) is 0 Å². The fourth-order valence-electron chi connectivity index (χ4n) is 3.53. The molecule has 2 amide bonds. The van der Waals surface area contributed by atoms with Gasteiger partial charge in [0.1, 0.15) is 6.10 Å². The average molecular weight is 372 g/mol. The van der Waals surface area contributed by atoms with Crippen LogP contribution in [0.15, 0.2) is 18.3 Å². The molecular formula is C19H24N4O2S. The minimum atomic E-state index is -0.230. The Kier molecular flexibility index (Phi) is 5.34. The van der Waals surface area contributed by atoms with Gasteiger partial charge in [-0.2, -0.15) is 0 Å². The molecule has 4 rings (SSSR count). The van der Waals surface area contributed by atoms with Crippen LogP contribution in [0.1, 0.15) is 54.7 Å². The number of nitrogens with one attached hydrogen (secondary N) is 2. The van der Waals surface area contributed by atoms with E-state index in [9.17, 15) is 4.79 Å². The predicted octanol–water partition coefficient (Wildman–Crippen LogP) is 4.06. The largest absolute Gasteiger partial charge is 0.474 e. The molecule has 2 aliphatic rings. The van der Waals surface area contributed by atoms with E-state index in [1.165, 1.54) is 30.6 Å². The third-order valence-electron chi connectivity index (χ3n) is 4.91. The molecule has 0 spiro atoms. The molecule has 1 saturated carbocycles. The molecule has 2 heterocycles. The lowest BCUT2D eigenvalue weighted by Gasteiger charge is -2.13. The Balaban J connectivity index is 1.29. The monoisotopic (exact) mass is 372 g/mol. The summed E-state index contributed by atoms with van der Waals surface area (Å²) in [6.07, 6.45) is 11.2. The molecule has 0 radical (unpaired) electrons. The molecule has 0 saturated heterocycles. The minimum absolute atomic E-state index is 0.230. The molecule has 1 fully saturated rings.